The normalized spacial score (nSPS) is 10.7. The molecule has 1 N–H and O–H groups in total. The van der Waals surface area contributed by atoms with Crippen molar-refractivity contribution in [2.45, 2.75) is 6.92 Å². The number of nitro groups is 2. The minimum absolute atomic E-state index is 0.132. The summed E-state index contributed by atoms with van der Waals surface area (Å²) in [6.07, 6.45) is 0. The second-order valence-corrected chi connectivity index (χ2v) is 7.01. The van der Waals surface area contributed by atoms with Crippen LogP contribution in [-0.2, 0) is 0 Å². The third-order valence-corrected chi connectivity index (χ3v) is 5.05. The number of carbonyl (C=O) groups excluding carboxylic acids is 1. The number of para-hydroxylation sites is 1. The van der Waals surface area contributed by atoms with Gasteiger partial charge in [-0.1, -0.05) is 48.5 Å². The molecule has 0 radical (unpaired) electrons. The van der Waals surface area contributed by atoms with Gasteiger partial charge in [0.25, 0.3) is 17.3 Å². The van der Waals surface area contributed by atoms with Crippen molar-refractivity contribution in [3.05, 3.63) is 104 Å². The van der Waals surface area contributed by atoms with E-state index < -0.39 is 27.1 Å². The van der Waals surface area contributed by atoms with Crippen LogP contribution in [0.25, 0.3) is 22.2 Å². The smallest absolute Gasteiger partial charge is 0.299 e. The molecule has 0 aliphatic carbocycles. The van der Waals surface area contributed by atoms with Crippen molar-refractivity contribution in [3.8, 4) is 11.3 Å². The van der Waals surface area contributed by atoms with Crippen molar-refractivity contribution in [2.75, 3.05) is 5.32 Å². The molecule has 0 aliphatic rings. The molecule has 1 aromatic heterocycles. The number of fused-ring (bicyclic) bond motifs is 1. The molecule has 0 bridgehead atoms. The van der Waals surface area contributed by atoms with Gasteiger partial charge in [-0.25, -0.2) is 4.98 Å². The van der Waals surface area contributed by atoms with Gasteiger partial charge in [0.1, 0.15) is 5.69 Å². The van der Waals surface area contributed by atoms with Crippen LogP contribution in [0.2, 0.25) is 0 Å². The molecule has 0 unspecified atom stereocenters. The fraction of sp³-hybridized carbons (Fsp3) is 0.0435. The Morgan fingerprint density at radius 2 is 1.59 bits per heavy atom. The van der Waals surface area contributed by atoms with Gasteiger partial charge in [-0.05, 0) is 24.6 Å². The molecule has 0 fully saturated rings. The van der Waals surface area contributed by atoms with Crippen LogP contribution in [0.1, 0.15) is 15.9 Å². The molecule has 1 heterocycles. The maximum Gasteiger partial charge on any atom is 0.299 e. The summed E-state index contributed by atoms with van der Waals surface area (Å²) in [6, 6.07) is 19.6. The molecule has 32 heavy (non-hydrogen) atoms. The van der Waals surface area contributed by atoms with Gasteiger partial charge in [-0.15, -0.1) is 0 Å². The molecule has 3 aromatic carbocycles. The first-order valence-electron chi connectivity index (χ1n) is 9.55. The number of rotatable bonds is 5. The Labute approximate surface area is 181 Å². The number of pyridine rings is 1. The molecular formula is C23H16N4O5. The zero-order valence-corrected chi connectivity index (χ0v) is 16.8. The number of hydrogen-bond donors (Lipinski definition) is 1. The third-order valence-electron chi connectivity index (χ3n) is 5.05. The Hall–Kier alpha value is -4.66. The van der Waals surface area contributed by atoms with Gasteiger partial charge in [0.15, 0.2) is 0 Å². The third kappa shape index (κ3) is 3.74. The van der Waals surface area contributed by atoms with Gasteiger partial charge in [-0.3, -0.25) is 25.0 Å². The predicted molar refractivity (Wildman–Crippen MR) is 120 cm³/mol. The number of benzene rings is 3. The van der Waals surface area contributed by atoms with E-state index in [0.29, 0.717) is 27.7 Å². The fourth-order valence-corrected chi connectivity index (χ4v) is 3.55. The maximum atomic E-state index is 13.3. The van der Waals surface area contributed by atoms with Crippen LogP contribution in [0, 0.1) is 27.2 Å². The predicted octanol–water partition coefficient (Wildman–Crippen LogP) is 5.28. The van der Waals surface area contributed by atoms with Gasteiger partial charge >= 0.3 is 0 Å². The van der Waals surface area contributed by atoms with Crippen molar-refractivity contribution >= 4 is 33.9 Å². The lowest BCUT2D eigenvalue weighted by Crippen LogP contribution is -2.16. The molecule has 1 amide bonds. The molecule has 4 aromatic rings. The highest BCUT2D eigenvalue weighted by atomic mass is 16.6. The zero-order valence-electron chi connectivity index (χ0n) is 16.8. The first-order valence-corrected chi connectivity index (χ1v) is 9.55. The second-order valence-electron chi connectivity index (χ2n) is 7.01. The van der Waals surface area contributed by atoms with E-state index in [4.69, 9.17) is 4.98 Å². The summed E-state index contributed by atoms with van der Waals surface area (Å²) in [5.74, 6) is -0.574. The van der Waals surface area contributed by atoms with E-state index in [2.05, 4.69) is 5.32 Å². The van der Waals surface area contributed by atoms with Crippen LogP contribution in [-0.4, -0.2) is 20.7 Å². The molecular weight excluding hydrogens is 412 g/mol. The molecule has 0 saturated heterocycles. The van der Waals surface area contributed by atoms with Gasteiger partial charge < -0.3 is 5.32 Å². The van der Waals surface area contributed by atoms with E-state index in [1.165, 1.54) is 0 Å². The summed E-state index contributed by atoms with van der Waals surface area (Å²) in [7, 11) is 0. The quantitative estimate of drug-likeness (QED) is 0.340. The maximum absolute atomic E-state index is 13.3. The molecule has 9 nitrogen and oxygen atoms in total. The van der Waals surface area contributed by atoms with Crippen LogP contribution in [0.3, 0.4) is 0 Å². The van der Waals surface area contributed by atoms with E-state index >= 15 is 0 Å². The van der Waals surface area contributed by atoms with Crippen molar-refractivity contribution in [1.29, 1.82) is 0 Å². The highest BCUT2D eigenvalue weighted by molar-refractivity contribution is 6.15. The van der Waals surface area contributed by atoms with Crippen LogP contribution in [0.4, 0.5) is 17.1 Å². The number of amides is 1. The molecule has 9 heteroatoms. The summed E-state index contributed by atoms with van der Waals surface area (Å²) in [6.45, 7) is 1.76. The van der Waals surface area contributed by atoms with Crippen molar-refractivity contribution in [2.24, 2.45) is 0 Å². The molecule has 158 valence electrons. The Balaban J connectivity index is 1.85. The number of carbonyl (C=O) groups is 1. The molecule has 0 saturated carbocycles. The van der Waals surface area contributed by atoms with Gasteiger partial charge in [0, 0.05) is 17.0 Å². The number of anilines is 1. The van der Waals surface area contributed by atoms with Crippen molar-refractivity contribution < 1.29 is 14.6 Å². The van der Waals surface area contributed by atoms with Gasteiger partial charge in [0.05, 0.1) is 32.7 Å². The van der Waals surface area contributed by atoms with Gasteiger partial charge in [-0.2, -0.15) is 0 Å². The van der Waals surface area contributed by atoms with Crippen molar-refractivity contribution in [1.82, 2.24) is 4.98 Å². The average molecular weight is 428 g/mol. The summed E-state index contributed by atoms with van der Waals surface area (Å²) in [5, 5.41) is 25.6. The summed E-state index contributed by atoms with van der Waals surface area (Å²) < 4.78 is 0. The number of nitro benzene ring substituents is 2. The molecule has 0 atom stereocenters. The lowest BCUT2D eigenvalue weighted by Gasteiger charge is -2.15. The number of nitrogens with one attached hydrogen (secondary N) is 1. The van der Waals surface area contributed by atoms with E-state index in [9.17, 15) is 25.0 Å². The topological polar surface area (TPSA) is 128 Å². The van der Waals surface area contributed by atoms with Crippen LogP contribution >= 0.6 is 0 Å². The van der Waals surface area contributed by atoms with Crippen LogP contribution in [0.5, 0.6) is 0 Å². The highest BCUT2D eigenvalue weighted by Gasteiger charge is 2.24. The standard InChI is InChI=1S/C23H16N4O5/c1-14-21(23(28)25-19-12-11-16(26(29)30)13-20(19)27(31)32)17-9-5-6-10-18(17)24-22(14)15-7-3-2-4-8-15/h2-13H,1H3,(H,25,28). The Morgan fingerprint density at radius 3 is 2.28 bits per heavy atom. The first-order chi connectivity index (χ1) is 15.4. The Morgan fingerprint density at radius 1 is 0.906 bits per heavy atom. The molecule has 4 rings (SSSR count). The average Bonchev–Trinajstić information content (AvgIpc) is 2.79. The number of non-ortho nitro benzene ring substituents is 1. The Kier molecular flexibility index (Phi) is 5.30. The monoisotopic (exact) mass is 428 g/mol. The largest absolute Gasteiger partial charge is 0.316 e. The van der Waals surface area contributed by atoms with E-state index in [1.54, 1.807) is 25.1 Å². The fourth-order valence-electron chi connectivity index (χ4n) is 3.55. The minimum atomic E-state index is -0.768. The van der Waals surface area contributed by atoms with E-state index in [-0.39, 0.29) is 5.69 Å². The highest BCUT2D eigenvalue weighted by Crippen LogP contribution is 2.33. The first kappa shape index (κ1) is 20.6. The zero-order chi connectivity index (χ0) is 22.8. The lowest BCUT2D eigenvalue weighted by molar-refractivity contribution is -0.393. The summed E-state index contributed by atoms with van der Waals surface area (Å²) in [4.78, 5) is 39.0. The lowest BCUT2D eigenvalue weighted by atomic mass is 9.97. The molecule has 0 spiro atoms. The van der Waals surface area contributed by atoms with Crippen LogP contribution < -0.4 is 5.32 Å². The second kappa shape index (κ2) is 8.23. The number of aromatic nitrogens is 1. The minimum Gasteiger partial charge on any atom is -0.316 e. The SMILES string of the molecule is Cc1c(-c2ccccc2)nc2ccccc2c1C(=O)Nc1ccc([N+](=O)[O-])cc1[N+](=O)[O-]. The van der Waals surface area contributed by atoms with E-state index in [0.717, 1.165) is 23.8 Å². The Bertz CT molecular complexity index is 1390. The van der Waals surface area contributed by atoms with Crippen molar-refractivity contribution in [3.63, 3.8) is 0 Å². The van der Waals surface area contributed by atoms with Gasteiger partial charge in [0.2, 0.25) is 0 Å². The summed E-state index contributed by atoms with van der Waals surface area (Å²) >= 11 is 0. The number of hydrogen-bond acceptors (Lipinski definition) is 6. The van der Waals surface area contributed by atoms with E-state index in [1.807, 2.05) is 36.4 Å². The molecule has 0 aliphatic heterocycles. The van der Waals surface area contributed by atoms with Crippen LogP contribution in [0.15, 0.2) is 72.8 Å². The summed E-state index contributed by atoms with van der Waals surface area (Å²) in [5.41, 5.74) is 1.84. The number of nitrogens with zero attached hydrogens (tertiary/aromatic N) is 3.